The van der Waals surface area contributed by atoms with E-state index in [0.29, 0.717) is 23.4 Å². The number of nitro groups is 1. The van der Waals surface area contributed by atoms with E-state index in [0.717, 1.165) is 11.1 Å². The van der Waals surface area contributed by atoms with Crippen molar-refractivity contribution in [1.82, 2.24) is 4.90 Å². The van der Waals surface area contributed by atoms with E-state index in [-0.39, 0.29) is 11.6 Å². The summed E-state index contributed by atoms with van der Waals surface area (Å²) < 4.78 is 0. The highest BCUT2D eigenvalue weighted by molar-refractivity contribution is 6.01. The molecule has 1 atom stereocenters. The van der Waals surface area contributed by atoms with Crippen molar-refractivity contribution >= 4 is 17.3 Å². The number of nitro benzene ring substituents is 1. The van der Waals surface area contributed by atoms with E-state index in [1.54, 1.807) is 29.2 Å². The van der Waals surface area contributed by atoms with Gasteiger partial charge in [-0.2, -0.15) is 0 Å². The predicted octanol–water partition coefficient (Wildman–Crippen LogP) is 4.67. The van der Waals surface area contributed by atoms with E-state index in [9.17, 15) is 14.9 Å². The first kappa shape index (κ1) is 17.7. The molecule has 0 bridgehead atoms. The van der Waals surface area contributed by atoms with Crippen LogP contribution in [0.25, 0.3) is 0 Å². The van der Waals surface area contributed by atoms with Gasteiger partial charge in [-0.05, 0) is 30.7 Å². The van der Waals surface area contributed by atoms with Gasteiger partial charge in [-0.3, -0.25) is 14.9 Å². The fraction of sp³-hybridized carbons (Fsp3) is 0.136. The Morgan fingerprint density at radius 1 is 1.00 bits per heavy atom. The molecule has 0 fully saturated rings. The van der Waals surface area contributed by atoms with Crippen molar-refractivity contribution in [2.45, 2.75) is 19.6 Å². The molecule has 4 rings (SSSR count). The molecule has 1 aliphatic heterocycles. The molecule has 28 heavy (non-hydrogen) atoms. The van der Waals surface area contributed by atoms with Crippen molar-refractivity contribution in [1.29, 1.82) is 0 Å². The lowest BCUT2D eigenvalue weighted by atomic mass is 10.0. The summed E-state index contributed by atoms with van der Waals surface area (Å²) in [6, 6.07) is 21.7. The summed E-state index contributed by atoms with van der Waals surface area (Å²) in [5.41, 5.74) is 3.78. The molecule has 3 aromatic rings. The Morgan fingerprint density at radius 2 is 1.68 bits per heavy atom. The predicted molar refractivity (Wildman–Crippen MR) is 107 cm³/mol. The Kier molecular flexibility index (Phi) is 4.53. The average Bonchev–Trinajstić information content (AvgIpc) is 2.71. The van der Waals surface area contributed by atoms with Gasteiger partial charge in [-0.1, -0.05) is 54.1 Å². The zero-order valence-electron chi connectivity index (χ0n) is 15.3. The third-order valence-corrected chi connectivity index (χ3v) is 4.92. The summed E-state index contributed by atoms with van der Waals surface area (Å²) in [6.07, 6.45) is -0.634. The third-order valence-electron chi connectivity index (χ3n) is 4.92. The number of hydrogen-bond donors (Lipinski definition) is 1. The number of rotatable bonds is 4. The molecule has 1 aliphatic rings. The summed E-state index contributed by atoms with van der Waals surface area (Å²) in [7, 11) is 0. The van der Waals surface area contributed by atoms with Crippen molar-refractivity contribution in [2.75, 3.05) is 5.32 Å². The minimum atomic E-state index is -0.634. The highest BCUT2D eigenvalue weighted by Gasteiger charge is 2.35. The van der Waals surface area contributed by atoms with Crippen LogP contribution in [0, 0.1) is 17.0 Å². The Balaban J connectivity index is 1.80. The zero-order chi connectivity index (χ0) is 19.7. The molecule has 1 N–H and O–H groups in total. The quantitative estimate of drug-likeness (QED) is 0.533. The maximum absolute atomic E-state index is 13.3. The van der Waals surface area contributed by atoms with Crippen LogP contribution >= 0.6 is 0 Å². The first-order valence-corrected chi connectivity index (χ1v) is 9.00. The van der Waals surface area contributed by atoms with Crippen molar-refractivity contribution in [3.8, 4) is 0 Å². The number of carbonyl (C=O) groups excluding carboxylic acids is 1. The monoisotopic (exact) mass is 373 g/mol. The summed E-state index contributed by atoms with van der Waals surface area (Å²) in [5, 5.41) is 14.9. The molecule has 0 spiro atoms. The van der Waals surface area contributed by atoms with E-state index < -0.39 is 11.1 Å². The van der Waals surface area contributed by atoms with Crippen LogP contribution in [-0.4, -0.2) is 15.7 Å². The lowest BCUT2D eigenvalue weighted by Gasteiger charge is -2.38. The summed E-state index contributed by atoms with van der Waals surface area (Å²) in [6.45, 7) is 2.35. The van der Waals surface area contributed by atoms with Gasteiger partial charge >= 0.3 is 0 Å². The van der Waals surface area contributed by atoms with Crippen LogP contribution in [0.15, 0.2) is 72.8 Å². The van der Waals surface area contributed by atoms with Gasteiger partial charge in [-0.25, -0.2) is 0 Å². The largest absolute Gasteiger partial charge is 0.361 e. The highest BCUT2D eigenvalue weighted by atomic mass is 16.6. The number of benzene rings is 3. The molecule has 0 aromatic heterocycles. The standard InChI is InChI=1S/C22H19N3O3/c1-15-10-12-16(13-11-15)14-24-21(18-7-3-5-9-20(18)25(27)28)23-19-8-4-2-6-17(19)22(24)26/h2-13,21,23H,14H2,1H3. The van der Waals surface area contributed by atoms with Crippen LogP contribution in [0.5, 0.6) is 0 Å². The fourth-order valence-electron chi connectivity index (χ4n) is 3.48. The normalized spacial score (nSPS) is 15.7. The van der Waals surface area contributed by atoms with Crippen LogP contribution < -0.4 is 5.32 Å². The average molecular weight is 373 g/mol. The van der Waals surface area contributed by atoms with Gasteiger partial charge in [0.15, 0.2) is 0 Å². The molecule has 1 amide bonds. The van der Waals surface area contributed by atoms with Gasteiger partial charge in [0.1, 0.15) is 6.17 Å². The van der Waals surface area contributed by atoms with Crippen LogP contribution in [0.2, 0.25) is 0 Å². The van der Waals surface area contributed by atoms with Gasteiger partial charge in [0.2, 0.25) is 0 Å². The van der Waals surface area contributed by atoms with Gasteiger partial charge < -0.3 is 10.2 Å². The SMILES string of the molecule is Cc1ccc(CN2C(=O)c3ccccc3NC2c2ccccc2[N+](=O)[O-])cc1. The van der Waals surface area contributed by atoms with Crippen LogP contribution in [0.1, 0.15) is 33.2 Å². The number of carbonyl (C=O) groups is 1. The van der Waals surface area contributed by atoms with Gasteiger partial charge in [-0.15, -0.1) is 0 Å². The Hall–Kier alpha value is -3.67. The molecule has 3 aromatic carbocycles. The molecule has 6 nitrogen and oxygen atoms in total. The number of aryl methyl sites for hydroxylation is 1. The van der Waals surface area contributed by atoms with Crippen molar-refractivity contribution in [3.05, 3.63) is 105 Å². The van der Waals surface area contributed by atoms with E-state index >= 15 is 0 Å². The molecule has 140 valence electrons. The summed E-state index contributed by atoms with van der Waals surface area (Å²) in [5.74, 6) is -0.155. The van der Waals surface area contributed by atoms with Gasteiger partial charge in [0.05, 0.1) is 16.1 Å². The van der Waals surface area contributed by atoms with Crippen molar-refractivity contribution < 1.29 is 9.72 Å². The summed E-state index contributed by atoms with van der Waals surface area (Å²) >= 11 is 0. The van der Waals surface area contributed by atoms with Crippen LogP contribution in [0.3, 0.4) is 0 Å². The third kappa shape index (κ3) is 3.20. The van der Waals surface area contributed by atoms with Crippen molar-refractivity contribution in [3.63, 3.8) is 0 Å². The van der Waals surface area contributed by atoms with Gasteiger partial charge in [0.25, 0.3) is 11.6 Å². The first-order chi connectivity index (χ1) is 13.5. The molecule has 0 radical (unpaired) electrons. The lowest BCUT2D eigenvalue weighted by molar-refractivity contribution is -0.385. The van der Waals surface area contributed by atoms with E-state index in [1.165, 1.54) is 6.07 Å². The van der Waals surface area contributed by atoms with E-state index in [2.05, 4.69) is 5.32 Å². The minimum Gasteiger partial charge on any atom is -0.361 e. The molecular formula is C22H19N3O3. The maximum Gasteiger partial charge on any atom is 0.276 e. The topological polar surface area (TPSA) is 75.5 Å². The molecule has 0 saturated heterocycles. The molecule has 0 saturated carbocycles. The second-order valence-corrected chi connectivity index (χ2v) is 6.83. The second kappa shape index (κ2) is 7.15. The smallest absolute Gasteiger partial charge is 0.276 e. The molecule has 1 unspecified atom stereocenters. The number of para-hydroxylation sites is 2. The van der Waals surface area contributed by atoms with E-state index in [1.807, 2.05) is 49.4 Å². The summed E-state index contributed by atoms with van der Waals surface area (Å²) in [4.78, 5) is 26.1. The van der Waals surface area contributed by atoms with Crippen LogP contribution in [0.4, 0.5) is 11.4 Å². The number of amides is 1. The molecular weight excluding hydrogens is 354 g/mol. The van der Waals surface area contributed by atoms with E-state index in [4.69, 9.17) is 0 Å². The Bertz CT molecular complexity index is 1050. The molecule has 6 heteroatoms. The molecule has 0 aliphatic carbocycles. The number of anilines is 1. The van der Waals surface area contributed by atoms with Gasteiger partial charge in [0, 0.05) is 18.3 Å². The number of fused-ring (bicyclic) bond motifs is 1. The fourth-order valence-corrected chi connectivity index (χ4v) is 3.48. The van der Waals surface area contributed by atoms with Crippen molar-refractivity contribution in [2.24, 2.45) is 0 Å². The lowest BCUT2D eigenvalue weighted by Crippen LogP contribution is -2.42. The Morgan fingerprint density at radius 3 is 2.43 bits per heavy atom. The number of nitrogens with one attached hydrogen (secondary N) is 1. The zero-order valence-corrected chi connectivity index (χ0v) is 15.3. The number of hydrogen-bond acceptors (Lipinski definition) is 4. The molecule has 1 heterocycles. The highest BCUT2D eigenvalue weighted by Crippen LogP contribution is 2.37. The first-order valence-electron chi connectivity index (χ1n) is 9.00. The second-order valence-electron chi connectivity index (χ2n) is 6.83. The Labute approximate surface area is 162 Å². The maximum atomic E-state index is 13.3. The number of nitrogens with zero attached hydrogens (tertiary/aromatic N) is 2. The minimum absolute atomic E-state index is 0.0129. The van der Waals surface area contributed by atoms with Crippen LogP contribution in [-0.2, 0) is 6.54 Å².